The van der Waals surface area contributed by atoms with Crippen molar-refractivity contribution in [2.45, 2.75) is 4.83 Å². The van der Waals surface area contributed by atoms with E-state index >= 15 is 0 Å². The fourth-order valence-electron chi connectivity index (χ4n) is 0.736. The highest BCUT2D eigenvalue weighted by molar-refractivity contribution is 9.12. The number of allylic oxidation sites excluding steroid dienone is 3. The van der Waals surface area contributed by atoms with Crippen LogP contribution in [0.1, 0.15) is 0 Å². The number of nitrogens with zero attached hydrogens (tertiary/aromatic N) is 2. The fourth-order valence-corrected chi connectivity index (χ4v) is 2.30. The van der Waals surface area contributed by atoms with Gasteiger partial charge in [-0.25, -0.2) is 0 Å². The van der Waals surface area contributed by atoms with Crippen molar-refractivity contribution < 1.29 is 9.90 Å². The maximum absolute atomic E-state index is 9.21. The van der Waals surface area contributed by atoms with Gasteiger partial charge in [0.1, 0.15) is 20.1 Å². The monoisotopic (exact) mass is 312 g/mol. The maximum atomic E-state index is 9.21. The lowest BCUT2D eigenvalue weighted by molar-refractivity contribution is -0.00524. The quantitative estimate of drug-likeness (QED) is 0.417. The Balaban J connectivity index is 3.26. The van der Waals surface area contributed by atoms with Crippen LogP contribution in [-0.2, 0) is 0 Å². The molecule has 0 bridgehead atoms. The first-order chi connectivity index (χ1) is 5.57. The SMILES string of the molecule is [N-]=[N+]=C1C(Br)=C(Cl)C(O)=CC1Br. The highest BCUT2D eigenvalue weighted by Crippen LogP contribution is 2.30. The maximum Gasteiger partial charge on any atom is 0.325 e. The number of alkyl halides is 1. The number of rotatable bonds is 0. The Morgan fingerprint density at radius 3 is 2.75 bits per heavy atom. The smallest absolute Gasteiger partial charge is 0.325 e. The van der Waals surface area contributed by atoms with Crippen LogP contribution in [0.5, 0.6) is 0 Å². The zero-order valence-corrected chi connectivity index (χ0v) is 9.56. The summed E-state index contributed by atoms with van der Waals surface area (Å²) in [5.41, 5.74) is 8.89. The van der Waals surface area contributed by atoms with E-state index in [1.54, 1.807) is 0 Å². The van der Waals surface area contributed by atoms with Gasteiger partial charge in [0.05, 0.1) is 0 Å². The van der Waals surface area contributed by atoms with Gasteiger partial charge in [0.25, 0.3) is 0 Å². The zero-order chi connectivity index (χ0) is 9.30. The third kappa shape index (κ3) is 1.64. The molecule has 3 nitrogen and oxygen atoms in total. The molecular formula is C6H3Br2ClN2O. The minimum absolute atomic E-state index is 0.0437. The van der Waals surface area contributed by atoms with Crippen molar-refractivity contribution in [3.63, 3.8) is 0 Å². The molecule has 1 aliphatic carbocycles. The van der Waals surface area contributed by atoms with Gasteiger partial charge in [-0.05, 0) is 22.0 Å². The topological polar surface area (TPSA) is 56.6 Å². The van der Waals surface area contributed by atoms with Crippen LogP contribution in [0.15, 0.2) is 21.3 Å². The second kappa shape index (κ2) is 3.75. The molecule has 1 unspecified atom stereocenters. The fraction of sp³-hybridized carbons (Fsp3) is 0.167. The van der Waals surface area contributed by atoms with Crippen molar-refractivity contribution in [2.24, 2.45) is 0 Å². The van der Waals surface area contributed by atoms with Crippen LogP contribution in [0, 0.1) is 0 Å². The van der Waals surface area contributed by atoms with Crippen molar-refractivity contribution in [3.05, 3.63) is 26.9 Å². The minimum Gasteiger partial charge on any atom is -0.507 e. The Kier molecular flexibility index (Phi) is 3.12. The molecule has 6 heteroatoms. The van der Waals surface area contributed by atoms with E-state index in [2.05, 4.69) is 36.6 Å². The Bertz CT molecular complexity index is 330. The number of halogens is 3. The predicted octanol–water partition coefficient (Wildman–Crippen LogP) is 2.72. The molecule has 1 atom stereocenters. The van der Waals surface area contributed by atoms with Gasteiger partial charge >= 0.3 is 5.71 Å². The molecule has 0 heterocycles. The van der Waals surface area contributed by atoms with Crippen molar-refractivity contribution in [2.75, 3.05) is 0 Å². The van der Waals surface area contributed by atoms with Gasteiger partial charge in [-0.2, -0.15) is 4.79 Å². The summed E-state index contributed by atoms with van der Waals surface area (Å²) in [7, 11) is 0. The van der Waals surface area contributed by atoms with E-state index in [0.29, 0.717) is 10.2 Å². The van der Waals surface area contributed by atoms with E-state index in [1.807, 2.05) is 0 Å². The van der Waals surface area contributed by atoms with E-state index in [9.17, 15) is 5.11 Å². The summed E-state index contributed by atoms with van der Waals surface area (Å²) >= 11 is 11.9. The molecular weight excluding hydrogens is 311 g/mol. The molecule has 0 aromatic rings. The van der Waals surface area contributed by atoms with Crippen molar-refractivity contribution in [1.29, 1.82) is 0 Å². The summed E-state index contributed by atoms with van der Waals surface area (Å²) in [6, 6.07) is 0. The lowest BCUT2D eigenvalue weighted by Gasteiger charge is -2.08. The Morgan fingerprint density at radius 1 is 1.67 bits per heavy atom. The largest absolute Gasteiger partial charge is 0.507 e. The van der Waals surface area contributed by atoms with E-state index < -0.39 is 0 Å². The summed E-state index contributed by atoms with van der Waals surface area (Å²) in [5.74, 6) is -0.0437. The van der Waals surface area contributed by atoms with Gasteiger partial charge in [0.2, 0.25) is 0 Å². The molecule has 0 aliphatic heterocycles. The molecule has 64 valence electrons. The first kappa shape index (κ1) is 9.99. The summed E-state index contributed by atoms with van der Waals surface area (Å²) < 4.78 is 0.383. The lowest BCUT2D eigenvalue weighted by Crippen LogP contribution is -2.18. The molecule has 0 fully saturated rings. The minimum atomic E-state index is -0.334. The summed E-state index contributed by atoms with van der Waals surface area (Å²) in [6.07, 6.45) is 1.43. The average Bonchev–Trinajstić information content (AvgIpc) is 2.01. The second-order valence-electron chi connectivity index (χ2n) is 2.07. The first-order valence-corrected chi connectivity index (χ1v) is 4.99. The molecule has 0 aromatic carbocycles. The van der Waals surface area contributed by atoms with Crippen LogP contribution in [0.3, 0.4) is 0 Å². The normalized spacial score (nSPS) is 23.8. The van der Waals surface area contributed by atoms with Gasteiger partial charge in [-0.3, -0.25) is 0 Å². The van der Waals surface area contributed by atoms with Gasteiger partial charge in [0.15, 0.2) is 0 Å². The highest BCUT2D eigenvalue weighted by atomic mass is 79.9. The molecule has 1 N–H and O–H groups in total. The summed E-state index contributed by atoms with van der Waals surface area (Å²) in [5, 5.41) is 9.34. The third-order valence-electron chi connectivity index (χ3n) is 1.32. The molecule has 0 saturated heterocycles. The number of aliphatic hydroxyl groups excluding tert-OH is 1. The van der Waals surface area contributed by atoms with Crippen LogP contribution in [0.2, 0.25) is 0 Å². The molecule has 12 heavy (non-hydrogen) atoms. The van der Waals surface area contributed by atoms with Crippen molar-refractivity contribution >= 4 is 49.2 Å². The van der Waals surface area contributed by atoms with Crippen LogP contribution >= 0.6 is 43.5 Å². The number of hydrogen-bond acceptors (Lipinski definition) is 1. The van der Waals surface area contributed by atoms with E-state index in [4.69, 9.17) is 17.1 Å². The van der Waals surface area contributed by atoms with Gasteiger partial charge < -0.3 is 10.6 Å². The molecule has 0 aromatic heterocycles. The van der Waals surface area contributed by atoms with Crippen LogP contribution in [-0.4, -0.2) is 20.4 Å². The molecule has 0 radical (unpaired) electrons. The Hall–Kier alpha value is -0.0900. The average molecular weight is 314 g/mol. The van der Waals surface area contributed by atoms with Crippen LogP contribution in [0.25, 0.3) is 5.53 Å². The predicted molar refractivity (Wildman–Crippen MR) is 53.9 cm³/mol. The van der Waals surface area contributed by atoms with Crippen LogP contribution < -0.4 is 0 Å². The molecule has 0 saturated carbocycles. The Morgan fingerprint density at radius 2 is 2.25 bits per heavy atom. The standard InChI is InChI=1S/C6H3Br2ClN2O/c7-2-1-3(12)5(9)4(8)6(2)11-10/h1-2,12H. The van der Waals surface area contributed by atoms with Crippen LogP contribution in [0.4, 0.5) is 0 Å². The number of hydrogen-bond donors (Lipinski definition) is 1. The third-order valence-corrected chi connectivity index (χ3v) is 3.43. The Labute approximate surface area is 90.6 Å². The zero-order valence-electron chi connectivity index (χ0n) is 5.63. The molecule has 0 spiro atoms. The van der Waals surface area contributed by atoms with Gasteiger partial charge in [-0.1, -0.05) is 27.5 Å². The second-order valence-corrected chi connectivity index (χ2v) is 4.22. The van der Waals surface area contributed by atoms with Gasteiger partial charge in [0, 0.05) is 0 Å². The van der Waals surface area contributed by atoms with E-state index in [0.717, 1.165) is 0 Å². The number of aliphatic hydroxyl groups is 1. The van der Waals surface area contributed by atoms with E-state index in [-0.39, 0.29) is 15.6 Å². The highest BCUT2D eigenvalue weighted by Gasteiger charge is 2.30. The van der Waals surface area contributed by atoms with E-state index in [1.165, 1.54) is 6.08 Å². The summed E-state index contributed by atoms with van der Waals surface area (Å²) in [4.78, 5) is 2.69. The van der Waals surface area contributed by atoms with Crippen molar-refractivity contribution in [1.82, 2.24) is 0 Å². The molecule has 1 aliphatic rings. The lowest BCUT2D eigenvalue weighted by atomic mass is 10.1. The molecule has 0 amide bonds. The van der Waals surface area contributed by atoms with Gasteiger partial charge in [-0.15, -0.1) is 0 Å². The molecule has 1 rings (SSSR count). The first-order valence-electron chi connectivity index (χ1n) is 2.90. The van der Waals surface area contributed by atoms with Crippen molar-refractivity contribution in [3.8, 4) is 0 Å². The summed E-state index contributed by atoms with van der Waals surface area (Å²) in [6.45, 7) is 0.